The number of fused-ring (bicyclic) bond motifs is 4. The van der Waals surface area contributed by atoms with E-state index in [1.807, 2.05) is 0 Å². The van der Waals surface area contributed by atoms with Gasteiger partial charge >= 0.3 is 0 Å². The number of hydrogen-bond donors (Lipinski definition) is 3. The number of aromatic hydroxyl groups is 2. The quantitative estimate of drug-likeness (QED) is 0.623. The van der Waals surface area contributed by atoms with Crippen molar-refractivity contribution in [2.24, 2.45) is 0 Å². The summed E-state index contributed by atoms with van der Waals surface area (Å²) in [6.45, 7) is 1.62. The first-order valence-corrected chi connectivity index (χ1v) is 7.47. The molecule has 7 heteroatoms. The van der Waals surface area contributed by atoms with E-state index in [0.29, 0.717) is 16.9 Å². The van der Waals surface area contributed by atoms with Crippen molar-refractivity contribution >= 4 is 11.0 Å². The minimum atomic E-state index is -1.52. The monoisotopic (exact) mass is 342 g/mol. The van der Waals surface area contributed by atoms with E-state index in [9.17, 15) is 20.1 Å². The molecule has 0 amide bonds. The standard InChI is InChI=1S/C18H14O7/c1-7-10(23-2)6-12-14(15(7)20)16(21)13-9-4-3-8(19)5-11(9)25-18(22)17(13)24-12/h3-6,18-20,22H,1-2H3. The van der Waals surface area contributed by atoms with Crippen molar-refractivity contribution in [3.05, 3.63) is 45.8 Å². The Kier molecular flexibility index (Phi) is 3.16. The van der Waals surface area contributed by atoms with Gasteiger partial charge in [0.25, 0.3) is 6.29 Å². The predicted octanol–water partition coefficient (Wildman–Crippen LogP) is 2.57. The Bertz CT molecular complexity index is 1080. The minimum Gasteiger partial charge on any atom is -0.508 e. The zero-order valence-corrected chi connectivity index (χ0v) is 13.4. The number of benzene rings is 2. The van der Waals surface area contributed by atoms with Crippen LogP contribution in [-0.4, -0.2) is 22.4 Å². The number of methoxy groups -OCH3 is 1. The average molecular weight is 342 g/mol. The molecule has 25 heavy (non-hydrogen) atoms. The maximum atomic E-state index is 13.0. The molecular weight excluding hydrogens is 328 g/mol. The molecule has 128 valence electrons. The summed E-state index contributed by atoms with van der Waals surface area (Å²) in [6, 6.07) is 5.66. The number of phenols is 2. The van der Waals surface area contributed by atoms with E-state index in [1.165, 1.54) is 31.4 Å². The summed E-state index contributed by atoms with van der Waals surface area (Å²) in [5.41, 5.74) is 0.422. The van der Waals surface area contributed by atoms with Gasteiger partial charge in [0.15, 0.2) is 5.76 Å². The molecular formula is C18H14O7. The zero-order valence-electron chi connectivity index (χ0n) is 13.4. The predicted molar refractivity (Wildman–Crippen MR) is 88.1 cm³/mol. The Labute approximate surface area is 141 Å². The van der Waals surface area contributed by atoms with Crippen LogP contribution < -0.4 is 14.9 Å². The number of ether oxygens (including phenoxy) is 2. The second-order valence-electron chi connectivity index (χ2n) is 5.75. The van der Waals surface area contributed by atoms with E-state index in [-0.39, 0.29) is 39.5 Å². The van der Waals surface area contributed by atoms with Gasteiger partial charge in [0, 0.05) is 23.3 Å². The topological polar surface area (TPSA) is 109 Å². The molecule has 0 saturated carbocycles. The van der Waals surface area contributed by atoms with Crippen LogP contribution in [0.2, 0.25) is 0 Å². The van der Waals surface area contributed by atoms with Crippen LogP contribution >= 0.6 is 0 Å². The van der Waals surface area contributed by atoms with Crippen molar-refractivity contribution in [2.45, 2.75) is 13.2 Å². The van der Waals surface area contributed by atoms with Gasteiger partial charge in [0.1, 0.15) is 34.0 Å². The molecule has 1 unspecified atom stereocenters. The maximum Gasteiger partial charge on any atom is 0.257 e. The Balaban J connectivity index is 2.15. The van der Waals surface area contributed by atoms with Gasteiger partial charge in [0.2, 0.25) is 5.43 Å². The third-order valence-electron chi connectivity index (χ3n) is 4.31. The zero-order chi connectivity index (χ0) is 17.9. The highest BCUT2D eigenvalue weighted by Gasteiger charge is 2.32. The fourth-order valence-corrected chi connectivity index (χ4v) is 3.06. The molecule has 0 bridgehead atoms. The van der Waals surface area contributed by atoms with Crippen LogP contribution in [0.15, 0.2) is 33.5 Å². The lowest BCUT2D eigenvalue weighted by atomic mass is 9.97. The summed E-state index contributed by atoms with van der Waals surface area (Å²) in [7, 11) is 1.44. The van der Waals surface area contributed by atoms with Crippen LogP contribution in [0.25, 0.3) is 22.1 Å². The fraction of sp³-hybridized carbons (Fsp3) is 0.167. The van der Waals surface area contributed by atoms with E-state index in [0.717, 1.165) is 0 Å². The highest BCUT2D eigenvalue weighted by atomic mass is 16.6. The minimum absolute atomic E-state index is 0.00910. The molecule has 0 radical (unpaired) electrons. The van der Waals surface area contributed by atoms with Gasteiger partial charge in [-0.25, -0.2) is 0 Å². The van der Waals surface area contributed by atoms with Gasteiger partial charge in [0.05, 0.1) is 12.7 Å². The van der Waals surface area contributed by atoms with Crippen molar-refractivity contribution in [1.82, 2.24) is 0 Å². The summed E-state index contributed by atoms with van der Waals surface area (Å²) >= 11 is 0. The van der Waals surface area contributed by atoms with Gasteiger partial charge < -0.3 is 29.2 Å². The van der Waals surface area contributed by atoms with Crippen LogP contribution in [0.3, 0.4) is 0 Å². The van der Waals surface area contributed by atoms with Crippen molar-refractivity contribution in [3.8, 4) is 34.1 Å². The van der Waals surface area contributed by atoms with Crippen LogP contribution in [0, 0.1) is 6.92 Å². The first kappa shape index (κ1) is 15.3. The SMILES string of the molecule is COc1cc2oc3c(c(=O)c2c(O)c1C)-c1ccc(O)cc1OC3O. The molecule has 3 N–H and O–H groups in total. The average Bonchev–Trinajstić information content (AvgIpc) is 2.58. The number of phenolic OH excluding ortho intramolecular Hbond substituents is 2. The summed E-state index contributed by atoms with van der Waals surface area (Å²) in [6.07, 6.45) is -1.52. The lowest BCUT2D eigenvalue weighted by Crippen LogP contribution is -2.20. The van der Waals surface area contributed by atoms with Crippen molar-refractivity contribution < 1.29 is 29.2 Å². The lowest BCUT2D eigenvalue weighted by Gasteiger charge is -2.24. The summed E-state index contributed by atoms with van der Waals surface area (Å²) in [5.74, 6) is 0.122. The lowest BCUT2D eigenvalue weighted by molar-refractivity contribution is -0.0376. The van der Waals surface area contributed by atoms with Crippen LogP contribution in [-0.2, 0) is 0 Å². The highest BCUT2D eigenvalue weighted by Crippen LogP contribution is 2.44. The molecule has 4 rings (SSSR count). The Morgan fingerprint density at radius 2 is 1.96 bits per heavy atom. The van der Waals surface area contributed by atoms with E-state index in [1.54, 1.807) is 6.92 Å². The van der Waals surface area contributed by atoms with E-state index in [2.05, 4.69) is 0 Å². The maximum absolute atomic E-state index is 13.0. The normalized spacial score (nSPS) is 15.4. The van der Waals surface area contributed by atoms with Gasteiger partial charge in [-0.1, -0.05) is 0 Å². The molecule has 0 fully saturated rings. The number of rotatable bonds is 1. The number of aliphatic hydroxyl groups is 1. The van der Waals surface area contributed by atoms with E-state index >= 15 is 0 Å². The molecule has 7 nitrogen and oxygen atoms in total. The molecule has 1 aromatic heterocycles. The Morgan fingerprint density at radius 3 is 2.68 bits per heavy atom. The van der Waals surface area contributed by atoms with E-state index < -0.39 is 11.7 Å². The molecule has 1 aliphatic heterocycles. The molecule has 1 atom stereocenters. The van der Waals surface area contributed by atoms with Crippen molar-refractivity contribution in [2.75, 3.05) is 7.11 Å². The molecule has 2 heterocycles. The molecule has 0 saturated heterocycles. The molecule has 2 aromatic carbocycles. The molecule has 0 aliphatic carbocycles. The Morgan fingerprint density at radius 1 is 1.20 bits per heavy atom. The first-order valence-electron chi connectivity index (χ1n) is 7.47. The van der Waals surface area contributed by atoms with Gasteiger partial charge in [-0.05, 0) is 19.1 Å². The van der Waals surface area contributed by atoms with Crippen LogP contribution in [0.1, 0.15) is 17.6 Å². The number of hydrogen-bond acceptors (Lipinski definition) is 7. The first-order chi connectivity index (χ1) is 11.9. The highest BCUT2D eigenvalue weighted by molar-refractivity contribution is 5.91. The summed E-state index contributed by atoms with van der Waals surface area (Å²) in [4.78, 5) is 13.0. The van der Waals surface area contributed by atoms with Crippen molar-refractivity contribution in [1.29, 1.82) is 0 Å². The van der Waals surface area contributed by atoms with Crippen LogP contribution in [0.4, 0.5) is 0 Å². The fourth-order valence-electron chi connectivity index (χ4n) is 3.06. The van der Waals surface area contributed by atoms with E-state index in [4.69, 9.17) is 13.9 Å². The third kappa shape index (κ3) is 2.06. The second kappa shape index (κ2) is 5.15. The smallest absolute Gasteiger partial charge is 0.257 e. The van der Waals surface area contributed by atoms with Crippen molar-refractivity contribution in [3.63, 3.8) is 0 Å². The molecule has 1 aliphatic rings. The molecule has 0 spiro atoms. The van der Waals surface area contributed by atoms with Gasteiger partial charge in [-0.2, -0.15) is 0 Å². The largest absolute Gasteiger partial charge is 0.508 e. The second-order valence-corrected chi connectivity index (χ2v) is 5.75. The number of aliphatic hydroxyl groups excluding tert-OH is 1. The molecule has 3 aromatic rings. The third-order valence-corrected chi connectivity index (χ3v) is 4.31. The van der Waals surface area contributed by atoms with Crippen LogP contribution in [0.5, 0.6) is 23.0 Å². The van der Waals surface area contributed by atoms with Gasteiger partial charge in [-0.15, -0.1) is 0 Å². The summed E-state index contributed by atoms with van der Waals surface area (Å²) in [5, 5.41) is 30.2. The van der Waals surface area contributed by atoms with Gasteiger partial charge in [-0.3, -0.25) is 4.79 Å². The Hall–Kier alpha value is -3.19. The summed E-state index contributed by atoms with van der Waals surface area (Å²) < 4.78 is 16.2.